The third-order valence-electron chi connectivity index (χ3n) is 2.35. The summed E-state index contributed by atoms with van der Waals surface area (Å²) in [5, 5.41) is 9.62. The van der Waals surface area contributed by atoms with Crippen molar-refractivity contribution in [3.63, 3.8) is 0 Å². The van der Waals surface area contributed by atoms with E-state index >= 15 is 0 Å². The third kappa shape index (κ3) is 1.33. The van der Waals surface area contributed by atoms with Crippen LogP contribution in [0.1, 0.15) is 12.5 Å². The van der Waals surface area contributed by atoms with E-state index in [0.29, 0.717) is 6.61 Å². The fourth-order valence-corrected chi connectivity index (χ4v) is 1.60. The Kier molecular flexibility index (Phi) is 1.85. The summed E-state index contributed by atoms with van der Waals surface area (Å²) in [6, 6.07) is 7.26. The standard InChI is InChI=1S/C11H12O2/c1-11(7-4-8-13-11)9-5-2-3-6-10(9)12/h2-7,12H,8H2,1H3. The predicted octanol–water partition coefficient (Wildman–Crippen LogP) is 2.19. The predicted molar refractivity (Wildman–Crippen MR) is 50.6 cm³/mol. The highest BCUT2D eigenvalue weighted by atomic mass is 16.5. The van der Waals surface area contributed by atoms with Gasteiger partial charge in [0.25, 0.3) is 0 Å². The Hall–Kier alpha value is -1.28. The van der Waals surface area contributed by atoms with E-state index in [4.69, 9.17) is 4.74 Å². The SMILES string of the molecule is CC1(c2ccccc2O)C=CCO1. The van der Waals surface area contributed by atoms with Crippen LogP contribution in [-0.2, 0) is 10.3 Å². The van der Waals surface area contributed by atoms with Crippen molar-refractivity contribution in [1.82, 2.24) is 0 Å². The Morgan fingerprint density at radius 3 is 2.77 bits per heavy atom. The molecule has 0 amide bonds. The van der Waals surface area contributed by atoms with Gasteiger partial charge in [0.05, 0.1) is 6.61 Å². The van der Waals surface area contributed by atoms with E-state index in [2.05, 4.69) is 0 Å². The Morgan fingerprint density at radius 1 is 1.38 bits per heavy atom. The summed E-state index contributed by atoms with van der Waals surface area (Å²) >= 11 is 0. The zero-order chi connectivity index (χ0) is 9.31. The number of hydrogen-bond acceptors (Lipinski definition) is 2. The molecule has 0 fully saturated rings. The molecule has 1 N–H and O–H groups in total. The minimum Gasteiger partial charge on any atom is -0.508 e. The smallest absolute Gasteiger partial charge is 0.121 e. The first kappa shape index (κ1) is 8.32. The van der Waals surface area contributed by atoms with Gasteiger partial charge in [-0.1, -0.05) is 30.4 Å². The van der Waals surface area contributed by atoms with Crippen LogP contribution in [0, 0.1) is 0 Å². The Bertz CT molecular complexity index is 344. The number of phenols is 1. The van der Waals surface area contributed by atoms with Gasteiger partial charge in [0.15, 0.2) is 0 Å². The Labute approximate surface area is 77.5 Å². The molecule has 1 aromatic carbocycles. The molecule has 1 unspecified atom stereocenters. The van der Waals surface area contributed by atoms with Gasteiger partial charge >= 0.3 is 0 Å². The van der Waals surface area contributed by atoms with E-state index in [9.17, 15) is 5.11 Å². The van der Waals surface area contributed by atoms with Gasteiger partial charge in [-0.25, -0.2) is 0 Å². The van der Waals surface area contributed by atoms with Crippen molar-refractivity contribution in [2.24, 2.45) is 0 Å². The van der Waals surface area contributed by atoms with Crippen molar-refractivity contribution in [2.45, 2.75) is 12.5 Å². The average molecular weight is 176 g/mol. The maximum Gasteiger partial charge on any atom is 0.121 e. The Morgan fingerprint density at radius 2 is 2.15 bits per heavy atom. The van der Waals surface area contributed by atoms with Gasteiger partial charge in [0.1, 0.15) is 11.4 Å². The van der Waals surface area contributed by atoms with Crippen LogP contribution in [0.2, 0.25) is 0 Å². The van der Waals surface area contributed by atoms with E-state index in [0.717, 1.165) is 5.56 Å². The summed E-state index contributed by atoms with van der Waals surface area (Å²) in [5.41, 5.74) is 0.370. The van der Waals surface area contributed by atoms with Crippen LogP contribution in [0.5, 0.6) is 5.75 Å². The Balaban J connectivity index is 2.45. The molecule has 0 spiro atoms. The molecule has 0 saturated heterocycles. The number of phenolic OH excluding ortho intramolecular Hbond substituents is 1. The lowest BCUT2D eigenvalue weighted by molar-refractivity contribution is 0.0372. The molecule has 0 aliphatic carbocycles. The zero-order valence-corrected chi connectivity index (χ0v) is 7.53. The van der Waals surface area contributed by atoms with Gasteiger partial charge in [-0.3, -0.25) is 0 Å². The topological polar surface area (TPSA) is 29.5 Å². The first-order chi connectivity index (χ1) is 6.22. The van der Waals surface area contributed by atoms with Gasteiger partial charge in [-0.05, 0) is 13.0 Å². The highest BCUT2D eigenvalue weighted by Gasteiger charge is 2.29. The number of hydrogen-bond donors (Lipinski definition) is 1. The van der Waals surface area contributed by atoms with Crippen LogP contribution in [-0.4, -0.2) is 11.7 Å². The van der Waals surface area contributed by atoms with E-state index in [1.807, 2.05) is 31.2 Å². The summed E-state index contributed by atoms with van der Waals surface area (Å²) in [5.74, 6) is 0.288. The molecule has 1 atom stereocenters. The van der Waals surface area contributed by atoms with E-state index in [-0.39, 0.29) is 5.75 Å². The van der Waals surface area contributed by atoms with Crippen molar-refractivity contribution in [2.75, 3.05) is 6.61 Å². The first-order valence-corrected chi connectivity index (χ1v) is 4.32. The molecular formula is C11H12O2. The number of para-hydroxylation sites is 1. The fourth-order valence-electron chi connectivity index (χ4n) is 1.60. The highest BCUT2D eigenvalue weighted by Crippen LogP contribution is 2.35. The lowest BCUT2D eigenvalue weighted by Crippen LogP contribution is -2.19. The third-order valence-corrected chi connectivity index (χ3v) is 2.35. The number of benzene rings is 1. The van der Waals surface area contributed by atoms with Crippen molar-refractivity contribution < 1.29 is 9.84 Å². The largest absolute Gasteiger partial charge is 0.508 e. The molecule has 1 aliphatic rings. The fraction of sp³-hybridized carbons (Fsp3) is 0.273. The molecule has 2 nitrogen and oxygen atoms in total. The second kappa shape index (κ2) is 2.89. The van der Waals surface area contributed by atoms with Crippen LogP contribution in [0.25, 0.3) is 0 Å². The van der Waals surface area contributed by atoms with Gasteiger partial charge in [0, 0.05) is 5.56 Å². The molecule has 2 heteroatoms. The van der Waals surface area contributed by atoms with Gasteiger partial charge in [-0.15, -0.1) is 0 Å². The molecule has 13 heavy (non-hydrogen) atoms. The van der Waals surface area contributed by atoms with Crippen molar-refractivity contribution >= 4 is 0 Å². The second-order valence-electron chi connectivity index (χ2n) is 3.34. The number of rotatable bonds is 1. The summed E-state index contributed by atoms with van der Waals surface area (Å²) in [7, 11) is 0. The molecule has 1 heterocycles. The van der Waals surface area contributed by atoms with Crippen molar-refractivity contribution in [3.8, 4) is 5.75 Å². The average Bonchev–Trinajstić information content (AvgIpc) is 2.54. The molecule has 0 aromatic heterocycles. The van der Waals surface area contributed by atoms with Gasteiger partial charge < -0.3 is 9.84 Å². The minimum atomic E-state index is -0.453. The van der Waals surface area contributed by atoms with Crippen LogP contribution >= 0.6 is 0 Å². The van der Waals surface area contributed by atoms with Crippen molar-refractivity contribution in [3.05, 3.63) is 42.0 Å². The van der Waals surface area contributed by atoms with Gasteiger partial charge in [0.2, 0.25) is 0 Å². The maximum absolute atomic E-state index is 9.62. The molecule has 1 aromatic rings. The quantitative estimate of drug-likeness (QED) is 0.664. The lowest BCUT2D eigenvalue weighted by atomic mass is 9.95. The van der Waals surface area contributed by atoms with Crippen LogP contribution in [0.15, 0.2) is 36.4 Å². The van der Waals surface area contributed by atoms with Crippen LogP contribution in [0.3, 0.4) is 0 Å². The highest BCUT2D eigenvalue weighted by molar-refractivity contribution is 5.40. The number of ether oxygens (including phenoxy) is 1. The molecule has 0 radical (unpaired) electrons. The monoisotopic (exact) mass is 176 g/mol. The molecule has 68 valence electrons. The normalized spacial score (nSPS) is 26.5. The zero-order valence-electron chi connectivity index (χ0n) is 7.53. The molecule has 0 saturated carbocycles. The summed E-state index contributed by atoms with van der Waals surface area (Å²) in [6.07, 6.45) is 3.94. The minimum absolute atomic E-state index is 0.288. The summed E-state index contributed by atoms with van der Waals surface area (Å²) < 4.78 is 5.54. The van der Waals surface area contributed by atoms with E-state index in [1.54, 1.807) is 12.1 Å². The molecule has 0 bridgehead atoms. The van der Waals surface area contributed by atoms with Crippen LogP contribution in [0.4, 0.5) is 0 Å². The summed E-state index contributed by atoms with van der Waals surface area (Å²) in [6.45, 7) is 2.57. The first-order valence-electron chi connectivity index (χ1n) is 4.32. The van der Waals surface area contributed by atoms with E-state index < -0.39 is 5.60 Å². The molecule has 1 aliphatic heterocycles. The summed E-state index contributed by atoms with van der Waals surface area (Å²) in [4.78, 5) is 0. The maximum atomic E-state index is 9.62. The van der Waals surface area contributed by atoms with Crippen LogP contribution < -0.4 is 0 Å². The van der Waals surface area contributed by atoms with E-state index in [1.165, 1.54) is 0 Å². The number of aromatic hydroxyl groups is 1. The van der Waals surface area contributed by atoms with Gasteiger partial charge in [-0.2, -0.15) is 0 Å². The lowest BCUT2D eigenvalue weighted by Gasteiger charge is -2.23. The molecular weight excluding hydrogens is 164 g/mol. The second-order valence-corrected chi connectivity index (χ2v) is 3.34. The molecule has 2 rings (SSSR count). The van der Waals surface area contributed by atoms with Crippen molar-refractivity contribution in [1.29, 1.82) is 0 Å².